The van der Waals surface area contributed by atoms with Crippen LogP contribution in [0.15, 0.2) is 57.9 Å². The number of aryl methyl sites for hydroxylation is 1. The lowest BCUT2D eigenvalue weighted by atomic mass is 10.1. The molecule has 0 bridgehead atoms. The third-order valence-corrected chi connectivity index (χ3v) is 5.50. The number of ether oxygens (including phenoxy) is 1. The topological polar surface area (TPSA) is 68.0 Å². The monoisotopic (exact) mass is 420 g/mol. The summed E-state index contributed by atoms with van der Waals surface area (Å²) in [4.78, 5) is 17.2. The quantitative estimate of drug-likeness (QED) is 0.625. The van der Waals surface area contributed by atoms with Crippen molar-refractivity contribution in [3.8, 4) is 17.0 Å². The van der Waals surface area contributed by atoms with Crippen LogP contribution in [0.4, 0.5) is 5.69 Å². The van der Waals surface area contributed by atoms with Crippen molar-refractivity contribution < 1.29 is 9.53 Å². The molecule has 2 heterocycles. The van der Waals surface area contributed by atoms with Gasteiger partial charge in [-0.15, -0.1) is 11.3 Å². The molecule has 0 radical (unpaired) electrons. The minimum Gasteiger partial charge on any atom is -0.482 e. The van der Waals surface area contributed by atoms with Gasteiger partial charge in [-0.2, -0.15) is 5.10 Å². The number of amides is 1. The fourth-order valence-electron chi connectivity index (χ4n) is 3.13. The molecule has 0 aliphatic carbocycles. The van der Waals surface area contributed by atoms with E-state index in [4.69, 9.17) is 14.8 Å². The summed E-state index contributed by atoms with van der Waals surface area (Å²) in [5, 5.41) is 9.64. The Bertz CT molecular complexity index is 1160. The minimum absolute atomic E-state index is 0.0450. The van der Waals surface area contributed by atoms with Crippen molar-refractivity contribution in [1.82, 2.24) is 4.68 Å². The summed E-state index contributed by atoms with van der Waals surface area (Å²) in [6.07, 6.45) is 2.86. The number of hydrogen-bond donors (Lipinski definition) is 1. The van der Waals surface area contributed by atoms with Gasteiger partial charge in [0.2, 0.25) is 4.80 Å². The summed E-state index contributed by atoms with van der Waals surface area (Å²) in [5.41, 5.74) is 4.83. The first-order chi connectivity index (χ1) is 14.5. The predicted octanol–water partition coefficient (Wildman–Crippen LogP) is 4.30. The lowest BCUT2D eigenvalue weighted by Gasteiger charge is -2.18. The van der Waals surface area contributed by atoms with E-state index in [1.54, 1.807) is 11.3 Å². The van der Waals surface area contributed by atoms with Crippen molar-refractivity contribution in [3.63, 3.8) is 0 Å². The number of anilines is 1. The van der Waals surface area contributed by atoms with E-state index in [0.29, 0.717) is 11.4 Å². The van der Waals surface area contributed by atoms with Gasteiger partial charge < -0.3 is 10.1 Å². The van der Waals surface area contributed by atoms with E-state index in [2.05, 4.69) is 36.5 Å². The molecule has 0 saturated heterocycles. The zero-order chi connectivity index (χ0) is 21.1. The summed E-state index contributed by atoms with van der Waals surface area (Å²) in [6, 6.07) is 14.3. The fourth-order valence-corrected chi connectivity index (χ4v) is 4.10. The van der Waals surface area contributed by atoms with Crippen LogP contribution in [0.5, 0.6) is 5.75 Å². The Morgan fingerprint density at radius 2 is 2.03 bits per heavy atom. The van der Waals surface area contributed by atoms with Gasteiger partial charge >= 0.3 is 0 Å². The van der Waals surface area contributed by atoms with Crippen molar-refractivity contribution in [2.75, 3.05) is 11.9 Å². The number of aromatic nitrogens is 1. The normalized spacial score (nSPS) is 14.1. The first kappa shape index (κ1) is 20.1. The van der Waals surface area contributed by atoms with Gasteiger partial charge in [-0.25, -0.2) is 4.68 Å². The highest BCUT2D eigenvalue weighted by atomic mass is 32.1. The van der Waals surface area contributed by atoms with Crippen molar-refractivity contribution in [1.29, 1.82) is 0 Å². The largest absolute Gasteiger partial charge is 0.482 e. The number of rotatable bonds is 5. The molecule has 0 fully saturated rings. The summed E-state index contributed by atoms with van der Waals surface area (Å²) in [6.45, 7) is 6.27. The molecular weight excluding hydrogens is 396 g/mol. The first-order valence-corrected chi connectivity index (χ1v) is 10.9. The van der Waals surface area contributed by atoms with Crippen LogP contribution in [0.1, 0.15) is 31.9 Å². The van der Waals surface area contributed by atoms with E-state index >= 15 is 0 Å². The molecule has 2 aromatic carbocycles. The molecule has 1 amide bonds. The van der Waals surface area contributed by atoms with Crippen LogP contribution < -0.4 is 14.9 Å². The predicted molar refractivity (Wildman–Crippen MR) is 121 cm³/mol. The molecule has 1 N–H and O–H groups in total. The van der Waals surface area contributed by atoms with Crippen molar-refractivity contribution in [3.05, 3.63) is 63.8 Å². The number of carbonyl (C=O) groups excluding carboxylic acids is 1. The number of benzene rings is 2. The number of carbonyl (C=O) groups is 1. The Hall–Kier alpha value is -3.19. The van der Waals surface area contributed by atoms with Gasteiger partial charge in [0.15, 0.2) is 6.61 Å². The molecule has 0 saturated carbocycles. The Morgan fingerprint density at radius 1 is 1.23 bits per heavy atom. The second-order valence-electron chi connectivity index (χ2n) is 7.33. The number of hydrogen-bond acceptors (Lipinski definition) is 5. The van der Waals surface area contributed by atoms with Crippen LogP contribution in [-0.2, 0) is 11.2 Å². The molecule has 0 atom stereocenters. The van der Waals surface area contributed by atoms with Gasteiger partial charge in [0.05, 0.1) is 17.6 Å². The van der Waals surface area contributed by atoms with Gasteiger partial charge in [-0.05, 0) is 49.6 Å². The molecule has 154 valence electrons. The molecule has 0 unspecified atom stereocenters. The Labute approximate surface area is 179 Å². The molecule has 4 rings (SSSR count). The maximum absolute atomic E-state index is 11.7. The van der Waals surface area contributed by atoms with Crippen molar-refractivity contribution in [2.45, 2.75) is 33.2 Å². The molecule has 1 aliphatic heterocycles. The number of thiazole rings is 1. The van der Waals surface area contributed by atoms with Crippen LogP contribution in [-0.4, -0.2) is 29.4 Å². The molecule has 3 aromatic rings. The average Bonchev–Trinajstić information content (AvgIpc) is 3.13. The molecular formula is C23H24N4O2S. The molecule has 0 spiro atoms. The minimum atomic E-state index is -0.151. The molecule has 7 heteroatoms. The van der Waals surface area contributed by atoms with Gasteiger partial charge in [0, 0.05) is 17.0 Å². The highest BCUT2D eigenvalue weighted by Crippen LogP contribution is 2.32. The van der Waals surface area contributed by atoms with Gasteiger partial charge in [-0.3, -0.25) is 9.79 Å². The van der Waals surface area contributed by atoms with Gasteiger partial charge in [0.25, 0.3) is 5.91 Å². The lowest BCUT2D eigenvalue weighted by molar-refractivity contribution is -0.118. The van der Waals surface area contributed by atoms with Crippen LogP contribution in [0.25, 0.3) is 11.3 Å². The average molecular weight is 421 g/mol. The number of fused-ring (bicyclic) bond motifs is 1. The smallest absolute Gasteiger partial charge is 0.262 e. The fraction of sp³-hybridized carbons (Fsp3) is 0.261. The first-order valence-electron chi connectivity index (χ1n) is 9.98. The Kier molecular flexibility index (Phi) is 5.81. The van der Waals surface area contributed by atoms with Crippen LogP contribution in [0.2, 0.25) is 0 Å². The highest BCUT2D eigenvalue weighted by Gasteiger charge is 2.17. The standard InChI is InChI=1S/C23H24N4O2S/c1-4-16-5-7-17(8-6-16)12-24-27-20(14-30-23(27)25-15(2)3)18-9-10-21-19(11-18)26-22(28)13-29-21/h5-12,14-15H,4,13H2,1-3H3,(H,26,28). The maximum Gasteiger partial charge on any atom is 0.262 e. The molecule has 30 heavy (non-hydrogen) atoms. The van der Waals surface area contributed by atoms with Crippen LogP contribution >= 0.6 is 11.3 Å². The van der Waals surface area contributed by atoms with E-state index in [1.807, 2.05) is 48.3 Å². The third-order valence-electron chi connectivity index (χ3n) is 4.67. The maximum atomic E-state index is 11.7. The Balaban J connectivity index is 1.75. The molecule has 1 aromatic heterocycles. The third kappa shape index (κ3) is 4.36. The lowest BCUT2D eigenvalue weighted by Crippen LogP contribution is -2.25. The van der Waals surface area contributed by atoms with Crippen LogP contribution in [0, 0.1) is 0 Å². The Morgan fingerprint density at radius 3 is 2.77 bits per heavy atom. The van der Waals surface area contributed by atoms with E-state index < -0.39 is 0 Å². The van der Waals surface area contributed by atoms with Crippen molar-refractivity contribution >= 4 is 29.1 Å². The summed E-state index contributed by atoms with van der Waals surface area (Å²) < 4.78 is 7.33. The second kappa shape index (κ2) is 8.67. The zero-order valence-corrected chi connectivity index (χ0v) is 18.1. The molecule has 6 nitrogen and oxygen atoms in total. The van der Waals surface area contributed by atoms with E-state index in [0.717, 1.165) is 28.0 Å². The zero-order valence-electron chi connectivity index (χ0n) is 17.3. The van der Waals surface area contributed by atoms with E-state index in [1.165, 1.54) is 5.56 Å². The van der Waals surface area contributed by atoms with E-state index in [-0.39, 0.29) is 18.6 Å². The SMILES string of the molecule is CCc1ccc(C=Nn2c(-c3ccc4c(c3)NC(=O)CO4)csc2=NC(C)C)cc1. The summed E-state index contributed by atoms with van der Waals surface area (Å²) in [7, 11) is 0. The highest BCUT2D eigenvalue weighted by molar-refractivity contribution is 7.07. The van der Waals surface area contributed by atoms with Crippen molar-refractivity contribution in [2.24, 2.45) is 10.1 Å². The number of nitrogens with one attached hydrogen (secondary N) is 1. The van der Waals surface area contributed by atoms with Gasteiger partial charge in [0.1, 0.15) is 5.75 Å². The molecule has 1 aliphatic rings. The van der Waals surface area contributed by atoms with E-state index in [9.17, 15) is 4.79 Å². The second-order valence-corrected chi connectivity index (χ2v) is 8.16. The summed E-state index contributed by atoms with van der Waals surface area (Å²) in [5.74, 6) is 0.522. The number of nitrogens with zero attached hydrogens (tertiary/aromatic N) is 3. The van der Waals surface area contributed by atoms with Crippen LogP contribution in [0.3, 0.4) is 0 Å². The summed E-state index contributed by atoms with van der Waals surface area (Å²) >= 11 is 1.54. The van der Waals surface area contributed by atoms with Gasteiger partial charge in [-0.1, -0.05) is 31.2 Å².